The van der Waals surface area contributed by atoms with E-state index in [1.807, 2.05) is 24.3 Å². The number of hydrogen-bond acceptors (Lipinski definition) is 4. The van der Waals surface area contributed by atoms with Crippen molar-refractivity contribution in [3.05, 3.63) is 58.1 Å². The molecule has 5 nitrogen and oxygen atoms in total. The highest BCUT2D eigenvalue weighted by Gasteiger charge is 2.19. The molecule has 2 aromatic rings. The van der Waals surface area contributed by atoms with Crippen LogP contribution < -0.4 is 10.1 Å². The van der Waals surface area contributed by atoms with Gasteiger partial charge in [0.1, 0.15) is 5.75 Å². The molecule has 0 aliphatic rings. The van der Waals surface area contributed by atoms with E-state index in [2.05, 4.69) is 5.32 Å². The number of anilines is 1. The van der Waals surface area contributed by atoms with Crippen LogP contribution in [0.1, 0.15) is 18.9 Å². The molecule has 2 aromatic carbocycles. The fourth-order valence-electron chi connectivity index (χ4n) is 2.28. The lowest BCUT2D eigenvalue weighted by atomic mass is 10.1. The van der Waals surface area contributed by atoms with E-state index in [4.69, 9.17) is 32.7 Å². The number of rotatable bonds is 7. The topological polar surface area (TPSA) is 64.6 Å². The SMILES string of the molecule is COc1ccccc1CCC(=O)O[C@@H](C)C(=O)Nc1cc(Cl)ccc1Cl. The molecule has 1 N–H and O–H groups in total. The molecule has 0 aliphatic heterocycles. The molecule has 0 unspecified atom stereocenters. The highest BCUT2D eigenvalue weighted by molar-refractivity contribution is 6.35. The van der Waals surface area contributed by atoms with Gasteiger partial charge >= 0.3 is 5.97 Å². The predicted octanol–water partition coefficient (Wildman–Crippen LogP) is 4.51. The summed E-state index contributed by atoms with van der Waals surface area (Å²) in [6.45, 7) is 1.49. The molecule has 0 aliphatic carbocycles. The van der Waals surface area contributed by atoms with E-state index in [9.17, 15) is 9.59 Å². The number of methoxy groups -OCH3 is 1. The molecule has 1 amide bonds. The van der Waals surface area contributed by atoms with Gasteiger partial charge in [0.15, 0.2) is 6.10 Å². The van der Waals surface area contributed by atoms with E-state index in [1.165, 1.54) is 13.0 Å². The van der Waals surface area contributed by atoms with Crippen molar-refractivity contribution in [3.8, 4) is 5.75 Å². The number of aryl methyl sites for hydroxylation is 1. The van der Waals surface area contributed by atoms with Gasteiger partial charge < -0.3 is 14.8 Å². The van der Waals surface area contributed by atoms with Crippen molar-refractivity contribution in [3.63, 3.8) is 0 Å². The summed E-state index contributed by atoms with van der Waals surface area (Å²) in [6.07, 6.45) is -0.372. The van der Waals surface area contributed by atoms with Crippen molar-refractivity contribution < 1.29 is 19.1 Å². The lowest BCUT2D eigenvalue weighted by Gasteiger charge is -2.15. The Labute approximate surface area is 162 Å². The first-order chi connectivity index (χ1) is 12.4. The molecule has 2 rings (SSSR count). The summed E-state index contributed by atoms with van der Waals surface area (Å²) >= 11 is 11.9. The van der Waals surface area contributed by atoms with Crippen molar-refractivity contribution in [2.24, 2.45) is 0 Å². The molecule has 0 fully saturated rings. The number of hydrogen-bond donors (Lipinski definition) is 1. The van der Waals surface area contributed by atoms with Gasteiger partial charge in [-0.1, -0.05) is 41.4 Å². The van der Waals surface area contributed by atoms with Crippen LogP contribution in [0.3, 0.4) is 0 Å². The van der Waals surface area contributed by atoms with E-state index in [0.29, 0.717) is 27.9 Å². The van der Waals surface area contributed by atoms with Crippen LogP contribution in [0.15, 0.2) is 42.5 Å². The van der Waals surface area contributed by atoms with Crippen LogP contribution in [0.25, 0.3) is 0 Å². The van der Waals surface area contributed by atoms with Gasteiger partial charge in [-0.05, 0) is 43.2 Å². The van der Waals surface area contributed by atoms with Crippen LogP contribution in [-0.4, -0.2) is 25.1 Å². The molecule has 1 atom stereocenters. The van der Waals surface area contributed by atoms with Crippen LogP contribution >= 0.6 is 23.2 Å². The summed E-state index contributed by atoms with van der Waals surface area (Å²) < 4.78 is 10.4. The Bertz CT molecular complexity index is 795. The average Bonchev–Trinajstić information content (AvgIpc) is 2.63. The number of amides is 1. The smallest absolute Gasteiger partial charge is 0.306 e. The molecule has 0 bridgehead atoms. The first-order valence-electron chi connectivity index (χ1n) is 7.98. The van der Waals surface area contributed by atoms with Gasteiger partial charge in [0.2, 0.25) is 0 Å². The maximum atomic E-state index is 12.2. The van der Waals surface area contributed by atoms with Gasteiger partial charge in [-0.2, -0.15) is 0 Å². The molecule has 7 heteroatoms. The Balaban J connectivity index is 1.88. The normalized spacial score (nSPS) is 11.5. The quantitative estimate of drug-likeness (QED) is 0.700. The van der Waals surface area contributed by atoms with E-state index >= 15 is 0 Å². The number of carbonyl (C=O) groups excluding carboxylic acids is 2. The maximum Gasteiger partial charge on any atom is 0.306 e. The maximum absolute atomic E-state index is 12.2. The van der Waals surface area contributed by atoms with Gasteiger partial charge in [0.05, 0.1) is 17.8 Å². The Morgan fingerprint density at radius 1 is 1.15 bits per heavy atom. The zero-order valence-corrected chi connectivity index (χ0v) is 15.9. The zero-order valence-electron chi connectivity index (χ0n) is 14.4. The minimum Gasteiger partial charge on any atom is -0.496 e. The number of benzene rings is 2. The third-order valence-electron chi connectivity index (χ3n) is 3.65. The molecule has 0 radical (unpaired) electrons. The van der Waals surface area contributed by atoms with Gasteiger partial charge in [-0.3, -0.25) is 9.59 Å². The summed E-state index contributed by atoms with van der Waals surface area (Å²) in [7, 11) is 1.57. The number of halogens is 2. The lowest BCUT2D eigenvalue weighted by Crippen LogP contribution is -2.30. The molecule has 26 heavy (non-hydrogen) atoms. The third-order valence-corrected chi connectivity index (χ3v) is 4.22. The summed E-state index contributed by atoms with van der Waals surface area (Å²) in [5, 5.41) is 3.38. The highest BCUT2D eigenvalue weighted by Crippen LogP contribution is 2.25. The molecule has 0 spiro atoms. The minimum absolute atomic E-state index is 0.135. The van der Waals surface area contributed by atoms with Crippen molar-refractivity contribution in [2.75, 3.05) is 12.4 Å². The fourth-order valence-corrected chi connectivity index (χ4v) is 2.62. The first kappa shape index (κ1) is 20.1. The van der Waals surface area contributed by atoms with E-state index in [1.54, 1.807) is 19.2 Å². The second-order valence-electron chi connectivity index (χ2n) is 5.56. The lowest BCUT2D eigenvalue weighted by molar-refractivity contribution is -0.153. The average molecular weight is 396 g/mol. The van der Waals surface area contributed by atoms with Crippen molar-refractivity contribution in [1.29, 1.82) is 0 Å². The Morgan fingerprint density at radius 3 is 2.62 bits per heavy atom. The van der Waals surface area contributed by atoms with E-state index in [-0.39, 0.29) is 6.42 Å². The van der Waals surface area contributed by atoms with Crippen molar-refractivity contribution in [2.45, 2.75) is 25.9 Å². The summed E-state index contributed by atoms with van der Waals surface area (Å²) in [5.74, 6) is -0.253. The molecule has 0 aromatic heterocycles. The summed E-state index contributed by atoms with van der Waals surface area (Å²) in [5.41, 5.74) is 1.26. The molecular weight excluding hydrogens is 377 g/mol. The Morgan fingerprint density at radius 2 is 1.88 bits per heavy atom. The number of ether oxygens (including phenoxy) is 2. The fraction of sp³-hybridized carbons (Fsp3) is 0.263. The minimum atomic E-state index is -0.963. The number of nitrogens with one attached hydrogen (secondary N) is 1. The predicted molar refractivity (Wildman–Crippen MR) is 102 cm³/mol. The van der Waals surface area contributed by atoms with E-state index < -0.39 is 18.0 Å². The first-order valence-corrected chi connectivity index (χ1v) is 8.73. The molecular formula is C19H19Cl2NO4. The molecule has 0 heterocycles. The van der Waals surface area contributed by atoms with Gasteiger partial charge in [-0.15, -0.1) is 0 Å². The van der Waals surface area contributed by atoms with Gasteiger partial charge in [0.25, 0.3) is 5.91 Å². The Kier molecular flexibility index (Phi) is 7.30. The van der Waals surface area contributed by atoms with Crippen LogP contribution in [0.5, 0.6) is 5.75 Å². The van der Waals surface area contributed by atoms with Gasteiger partial charge in [0, 0.05) is 11.4 Å². The summed E-state index contributed by atoms with van der Waals surface area (Å²) in [4.78, 5) is 24.2. The second-order valence-corrected chi connectivity index (χ2v) is 6.40. The second kappa shape index (κ2) is 9.46. The molecule has 0 saturated carbocycles. The summed E-state index contributed by atoms with van der Waals surface area (Å²) in [6, 6.07) is 12.1. The van der Waals surface area contributed by atoms with Crippen LogP contribution in [0, 0.1) is 0 Å². The largest absolute Gasteiger partial charge is 0.496 e. The standard InChI is InChI=1S/C19H19Cl2NO4/c1-12(19(24)22-16-11-14(20)8-9-15(16)21)26-18(23)10-7-13-5-3-4-6-17(13)25-2/h3-6,8-9,11-12H,7,10H2,1-2H3,(H,22,24)/t12-/m0/s1. The van der Waals surface area contributed by atoms with E-state index in [0.717, 1.165) is 5.56 Å². The molecule has 138 valence electrons. The van der Waals surface area contributed by atoms with Crippen molar-refractivity contribution in [1.82, 2.24) is 0 Å². The highest BCUT2D eigenvalue weighted by atomic mass is 35.5. The Hall–Kier alpha value is -2.24. The molecule has 0 saturated heterocycles. The van der Waals surface area contributed by atoms with Crippen LogP contribution in [0.4, 0.5) is 5.69 Å². The number of para-hydroxylation sites is 1. The van der Waals surface area contributed by atoms with Gasteiger partial charge in [-0.25, -0.2) is 0 Å². The van der Waals surface area contributed by atoms with Crippen LogP contribution in [-0.2, 0) is 20.7 Å². The number of esters is 1. The monoisotopic (exact) mass is 395 g/mol. The zero-order chi connectivity index (χ0) is 19.1. The third kappa shape index (κ3) is 5.64. The number of carbonyl (C=O) groups is 2. The van der Waals surface area contributed by atoms with Crippen molar-refractivity contribution >= 4 is 40.8 Å². The van der Waals surface area contributed by atoms with Crippen LogP contribution in [0.2, 0.25) is 10.0 Å².